The van der Waals surface area contributed by atoms with Gasteiger partial charge in [-0.05, 0) is 31.0 Å². The quantitative estimate of drug-likeness (QED) is 0.687. The zero-order valence-electron chi connectivity index (χ0n) is 12.7. The molecule has 0 bridgehead atoms. The van der Waals surface area contributed by atoms with Crippen molar-refractivity contribution in [3.63, 3.8) is 0 Å². The average molecular weight is 325 g/mol. The largest absolute Gasteiger partial charge is 0.399 e. The van der Waals surface area contributed by atoms with Crippen LogP contribution < -0.4 is 11.1 Å². The summed E-state index contributed by atoms with van der Waals surface area (Å²) < 4.78 is 2.68. The number of anilines is 2. The molecule has 1 aliphatic carbocycles. The van der Waals surface area contributed by atoms with Crippen molar-refractivity contribution in [3.05, 3.63) is 30.6 Å². The van der Waals surface area contributed by atoms with Crippen LogP contribution in [0, 0.1) is 5.92 Å². The van der Waals surface area contributed by atoms with Crippen molar-refractivity contribution >= 4 is 34.2 Å². The van der Waals surface area contributed by atoms with Crippen molar-refractivity contribution in [1.82, 2.24) is 24.8 Å². The number of nitrogen functional groups attached to an aromatic ring is 1. The summed E-state index contributed by atoms with van der Waals surface area (Å²) in [5.74, 6) is 0.112. The Hall–Kier alpha value is -3.23. The Bertz CT molecular complexity index is 938. The van der Waals surface area contributed by atoms with E-state index in [0.717, 1.165) is 18.2 Å². The Labute approximate surface area is 136 Å². The summed E-state index contributed by atoms with van der Waals surface area (Å²) in [6.45, 7) is -0.0343. The van der Waals surface area contributed by atoms with Gasteiger partial charge in [-0.2, -0.15) is 9.78 Å². The van der Waals surface area contributed by atoms with Crippen molar-refractivity contribution in [2.45, 2.75) is 19.4 Å². The molecule has 0 atom stereocenters. The Kier molecular flexibility index (Phi) is 3.26. The number of carbonyl (C=O) groups excluding carboxylic acids is 2. The van der Waals surface area contributed by atoms with Gasteiger partial charge in [0, 0.05) is 17.0 Å². The first kappa shape index (κ1) is 14.4. The molecule has 1 saturated carbocycles. The molecule has 1 amide bonds. The number of benzene rings is 1. The first-order valence-corrected chi connectivity index (χ1v) is 7.57. The molecule has 24 heavy (non-hydrogen) atoms. The average Bonchev–Trinajstić information content (AvgIpc) is 3.19. The molecule has 2 heterocycles. The van der Waals surface area contributed by atoms with Crippen LogP contribution in [0.25, 0.3) is 10.9 Å². The highest BCUT2D eigenvalue weighted by molar-refractivity contribution is 5.93. The number of amides is 1. The minimum Gasteiger partial charge on any atom is -0.399 e. The predicted molar refractivity (Wildman–Crippen MR) is 86.1 cm³/mol. The summed E-state index contributed by atoms with van der Waals surface area (Å²) in [6.07, 6.45) is 4.94. The molecule has 0 unspecified atom stereocenters. The maximum absolute atomic E-state index is 12.4. The fourth-order valence-electron chi connectivity index (χ4n) is 2.46. The van der Waals surface area contributed by atoms with Crippen LogP contribution in [0.4, 0.5) is 11.5 Å². The molecule has 1 aromatic carbocycles. The van der Waals surface area contributed by atoms with Gasteiger partial charge in [0.2, 0.25) is 5.91 Å². The smallest absolute Gasteiger partial charge is 0.269 e. The third-order valence-electron chi connectivity index (χ3n) is 3.86. The molecule has 2 aromatic heterocycles. The number of rotatable bonds is 4. The molecule has 9 heteroatoms. The van der Waals surface area contributed by atoms with E-state index in [4.69, 9.17) is 5.73 Å². The lowest BCUT2D eigenvalue weighted by Gasteiger charge is -2.02. The number of fused-ring (bicyclic) bond motifs is 1. The van der Waals surface area contributed by atoms with E-state index in [0.29, 0.717) is 17.0 Å². The van der Waals surface area contributed by atoms with Gasteiger partial charge in [0.05, 0.1) is 17.9 Å². The molecular formula is C15H15N7O2. The number of nitrogens with two attached hydrogens (primary N) is 1. The topological polar surface area (TPSA) is 121 Å². The van der Waals surface area contributed by atoms with Crippen molar-refractivity contribution in [2.75, 3.05) is 11.1 Å². The third kappa shape index (κ3) is 2.71. The lowest BCUT2D eigenvalue weighted by molar-refractivity contribution is -0.117. The number of aromatic nitrogens is 5. The molecule has 3 N–H and O–H groups in total. The number of nitrogens with zero attached hydrogens (tertiary/aromatic N) is 5. The Balaban J connectivity index is 1.49. The number of hydrogen-bond acceptors (Lipinski definition) is 6. The fraction of sp³-hybridized carbons (Fsp3) is 0.267. The van der Waals surface area contributed by atoms with Crippen molar-refractivity contribution in [2.24, 2.45) is 5.92 Å². The molecule has 0 radical (unpaired) electrons. The zero-order valence-corrected chi connectivity index (χ0v) is 12.7. The Morgan fingerprint density at radius 2 is 2.17 bits per heavy atom. The van der Waals surface area contributed by atoms with Crippen LogP contribution in [-0.4, -0.2) is 36.6 Å². The normalized spacial score (nSPS) is 14.0. The lowest BCUT2D eigenvalue weighted by atomic mass is 10.2. The Morgan fingerprint density at radius 3 is 2.96 bits per heavy atom. The first-order chi connectivity index (χ1) is 11.6. The Morgan fingerprint density at radius 1 is 1.33 bits per heavy atom. The second-order valence-corrected chi connectivity index (χ2v) is 5.83. The monoisotopic (exact) mass is 325 g/mol. The summed E-state index contributed by atoms with van der Waals surface area (Å²) in [5.41, 5.74) is 7.01. The van der Waals surface area contributed by atoms with Crippen LogP contribution in [0.15, 0.2) is 30.6 Å². The maximum atomic E-state index is 12.4. The van der Waals surface area contributed by atoms with Gasteiger partial charge in [-0.25, -0.2) is 4.68 Å². The van der Waals surface area contributed by atoms with Crippen LogP contribution >= 0.6 is 0 Å². The van der Waals surface area contributed by atoms with E-state index < -0.39 is 0 Å². The van der Waals surface area contributed by atoms with Gasteiger partial charge in [0.15, 0.2) is 5.82 Å². The van der Waals surface area contributed by atoms with E-state index in [9.17, 15) is 9.59 Å². The van der Waals surface area contributed by atoms with Gasteiger partial charge in [-0.3, -0.25) is 9.59 Å². The van der Waals surface area contributed by atoms with Crippen molar-refractivity contribution in [3.8, 4) is 0 Å². The van der Waals surface area contributed by atoms with Crippen LogP contribution in [0.2, 0.25) is 0 Å². The van der Waals surface area contributed by atoms with Crippen molar-refractivity contribution in [1.29, 1.82) is 0 Å². The van der Waals surface area contributed by atoms with Gasteiger partial charge in [-0.1, -0.05) is 5.21 Å². The maximum Gasteiger partial charge on any atom is 0.269 e. The zero-order chi connectivity index (χ0) is 16.7. The summed E-state index contributed by atoms with van der Waals surface area (Å²) in [4.78, 5) is 24.1. The highest BCUT2D eigenvalue weighted by Crippen LogP contribution is 2.29. The second kappa shape index (κ2) is 5.44. The molecule has 4 rings (SSSR count). The van der Waals surface area contributed by atoms with Crippen LogP contribution in [-0.2, 0) is 11.3 Å². The summed E-state index contributed by atoms with van der Waals surface area (Å²) >= 11 is 0. The number of hydrogen-bond donors (Lipinski definition) is 2. The molecule has 0 saturated heterocycles. The highest BCUT2D eigenvalue weighted by atomic mass is 16.2. The van der Waals surface area contributed by atoms with E-state index in [1.54, 1.807) is 24.4 Å². The van der Waals surface area contributed by atoms with Gasteiger partial charge in [0.1, 0.15) is 6.54 Å². The first-order valence-electron chi connectivity index (χ1n) is 7.57. The number of nitrogens with one attached hydrogen (secondary N) is 1. The minimum absolute atomic E-state index is 0.0343. The molecule has 1 aliphatic rings. The van der Waals surface area contributed by atoms with E-state index in [1.165, 1.54) is 15.6 Å². The van der Waals surface area contributed by atoms with Gasteiger partial charge in [0.25, 0.3) is 5.91 Å². The molecule has 0 spiro atoms. The lowest BCUT2D eigenvalue weighted by Crippen LogP contribution is -2.19. The van der Waals surface area contributed by atoms with E-state index in [1.807, 2.05) is 0 Å². The fourth-order valence-corrected chi connectivity index (χ4v) is 2.46. The molecule has 1 fully saturated rings. The van der Waals surface area contributed by atoms with E-state index >= 15 is 0 Å². The predicted octanol–water partition coefficient (Wildman–Crippen LogP) is 0.899. The SMILES string of the molecule is Nc1ccc2c(cnn2C(=O)Cn2cc(NC(=O)C3CC3)nn2)c1. The van der Waals surface area contributed by atoms with Gasteiger partial charge in [-0.15, -0.1) is 5.10 Å². The van der Waals surface area contributed by atoms with Crippen molar-refractivity contribution < 1.29 is 9.59 Å². The standard InChI is InChI=1S/C15H15N7O2/c16-11-3-4-12-10(5-11)6-17-22(12)14(23)8-21-7-13(19-20-21)18-15(24)9-1-2-9/h3-7,9H,1-2,8,16H2,(H,18,24). The van der Waals surface area contributed by atoms with Gasteiger partial charge >= 0.3 is 0 Å². The summed E-state index contributed by atoms with van der Waals surface area (Å²) in [5, 5.41) is 15.3. The number of carbonyl (C=O) groups is 2. The minimum atomic E-state index is -0.264. The van der Waals surface area contributed by atoms with Crippen LogP contribution in [0.1, 0.15) is 17.6 Å². The summed E-state index contributed by atoms with van der Waals surface area (Å²) in [6, 6.07) is 5.22. The molecule has 0 aliphatic heterocycles. The van der Waals surface area contributed by atoms with E-state index in [2.05, 4.69) is 20.7 Å². The van der Waals surface area contributed by atoms with E-state index in [-0.39, 0.29) is 24.3 Å². The molecular weight excluding hydrogens is 310 g/mol. The van der Waals surface area contributed by atoms with Crippen LogP contribution in [0.5, 0.6) is 0 Å². The molecule has 9 nitrogen and oxygen atoms in total. The molecule has 122 valence electrons. The molecule has 3 aromatic rings. The highest BCUT2D eigenvalue weighted by Gasteiger charge is 2.30. The van der Waals surface area contributed by atoms with Crippen LogP contribution in [0.3, 0.4) is 0 Å². The second-order valence-electron chi connectivity index (χ2n) is 5.83. The van der Waals surface area contributed by atoms with Gasteiger partial charge < -0.3 is 11.1 Å². The summed E-state index contributed by atoms with van der Waals surface area (Å²) in [7, 11) is 0. The third-order valence-corrected chi connectivity index (χ3v) is 3.86.